The number of hydrogen-bond acceptors (Lipinski definition) is 5. The zero-order valence-corrected chi connectivity index (χ0v) is 8.26. The molecule has 0 saturated carbocycles. The Kier molecular flexibility index (Phi) is 2.28. The predicted octanol–water partition coefficient (Wildman–Crippen LogP) is 1.23. The van der Waals surface area contributed by atoms with Gasteiger partial charge in [-0.05, 0) is 27.5 Å². The van der Waals surface area contributed by atoms with Crippen LogP contribution in [-0.4, -0.2) is 18.0 Å². The second-order valence-electron chi connectivity index (χ2n) is 1.29. The lowest BCUT2D eigenvalue weighted by molar-refractivity contribution is 0.605. The summed E-state index contributed by atoms with van der Waals surface area (Å²) in [6, 6.07) is 0. The molecule has 0 atom stereocenters. The fourth-order valence-corrected chi connectivity index (χ4v) is 3.11. The topological polar surface area (TPSA) is 59.9 Å². The summed E-state index contributed by atoms with van der Waals surface area (Å²) in [7, 11) is 1.22. The maximum atomic E-state index is 10.6. The average molecular weight is 264 g/mol. The van der Waals surface area contributed by atoms with Crippen LogP contribution in [0.4, 0.5) is 0 Å². The van der Waals surface area contributed by atoms with E-state index in [1.165, 1.54) is 0 Å². The monoisotopic (exact) mass is 262 g/mol. The van der Waals surface area contributed by atoms with E-state index in [-0.39, 0.29) is 5.03 Å². The molecule has 1 heterocycles. The second kappa shape index (κ2) is 2.72. The molecule has 8 heteroatoms. The van der Waals surface area contributed by atoms with E-state index in [2.05, 4.69) is 25.5 Å². The summed E-state index contributed by atoms with van der Waals surface area (Å²) in [5.74, 6) is 0. The van der Waals surface area contributed by atoms with E-state index in [1.54, 1.807) is 0 Å². The van der Waals surface area contributed by atoms with E-state index in [9.17, 15) is 8.42 Å². The van der Waals surface area contributed by atoms with Gasteiger partial charge in [-0.2, -0.15) is 0 Å². The van der Waals surface area contributed by atoms with Crippen molar-refractivity contribution in [3.63, 3.8) is 0 Å². The van der Waals surface area contributed by atoms with E-state index in [0.717, 1.165) is 11.5 Å². The van der Waals surface area contributed by atoms with Crippen molar-refractivity contribution >= 4 is 47.2 Å². The Morgan fingerprint density at radius 1 is 1.60 bits per heavy atom. The lowest BCUT2D eigenvalue weighted by Gasteiger charge is -1.84. The van der Waals surface area contributed by atoms with Crippen molar-refractivity contribution in [3.8, 4) is 0 Å². The van der Waals surface area contributed by atoms with Crippen molar-refractivity contribution in [1.82, 2.24) is 9.59 Å². The number of nitrogens with zero attached hydrogens (tertiary/aromatic N) is 2. The molecule has 1 aromatic rings. The Hall–Kier alpha value is 0.280. The van der Waals surface area contributed by atoms with Gasteiger partial charge >= 0.3 is 0 Å². The number of halogens is 2. The van der Waals surface area contributed by atoms with Gasteiger partial charge in [0, 0.05) is 10.7 Å². The molecule has 0 bridgehead atoms. The summed E-state index contributed by atoms with van der Waals surface area (Å²) < 4.78 is 24.8. The van der Waals surface area contributed by atoms with Gasteiger partial charge in [-0.1, -0.05) is 4.49 Å². The molecule has 10 heavy (non-hydrogen) atoms. The quantitative estimate of drug-likeness (QED) is 0.715. The van der Waals surface area contributed by atoms with Crippen molar-refractivity contribution in [2.45, 2.75) is 5.03 Å². The molecule has 0 aromatic carbocycles. The summed E-state index contributed by atoms with van der Waals surface area (Å²) >= 11 is 3.86. The van der Waals surface area contributed by atoms with Crippen LogP contribution in [0.25, 0.3) is 0 Å². The summed E-state index contributed by atoms with van der Waals surface area (Å²) in [6.45, 7) is 0. The fourth-order valence-electron chi connectivity index (χ4n) is 0.316. The number of aromatic nitrogens is 2. The van der Waals surface area contributed by atoms with Crippen molar-refractivity contribution in [1.29, 1.82) is 0 Å². The highest BCUT2D eigenvalue weighted by Crippen LogP contribution is 2.24. The van der Waals surface area contributed by atoms with Gasteiger partial charge in [0.1, 0.15) is 3.79 Å². The first-order chi connectivity index (χ1) is 4.52. The Balaban J connectivity index is 3.32. The van der Waals surface area contributed by atoms with Gasteiger partial charge in [0.05, 0.1) is 0 Å². The summed E-state index contributed by atoms with van der Waals surface area (Å²) in [6.07, 6.45) is 0. The first kappa shape index (κ1) is 8.38. The zero-order chi connectivity index (χ0) is 7.78. The van der Waals surface area contributed by atoms with Crippen LogP contribution in [0.5, 0.6) is 0 Å². The zero-order valence-electron chi connectivity index (χ0n) is 4.28. The normalized spacial score (nSPS) is 11.8. The Labute approximate surface area is 73.9 Å². The molecule has 0 aliphatic heterocycles. The molecule has 0 unspecified atom stereocenters. The van der Waals surface area contributed by atoms with Crippen molar-refractivity contribution in [3.05, 3.63) is 3.79 Å². The second-order valence-corrected chi connectivity index (χ2v) is 5.84. The largest absolute Gasteiger partial charge is 0.282 e. The lowest BCUT2D eigenvalue weighted by Crippen LogP contribution is -1.90. The van der Waals surface area contributed by atoms with Crippen molar-refractivity contribution in [2.75, 3.05) is 0 Å². The minimum Gasteiger partial charge on any atom is -0.205 e. The number of hydrogen-bond donors (Lipinski definition) is 0. The Bertz CT molecular complexity index is 333. The SMILES string of the molecule is O=S(=O)(Cl)c1nnsc1Br. The van der Waals surface area contributed by atoms with E-state index >= 15 is 0 Å². The molecule has 1 rings (SSSR count). The van der Waals surface area contributed by atoms with Crippen LogP contribution in [0.1, 0.15) is 0 Å². The highest BCUT2D eigenvalue weighted by atomic mass is 79.9. The molecule has 4 nitrogen and oxygen atoms in total. The molecular weight excluding hydrogens is 264 g/mol. The van der Waals surface area contributed by atoms with Gasteiger partial charge in [0.25, 0.3) is 9.05 Å². The standard InChI is InChI=1S/C2BrClN2O2S2/c3-1-2(5-6-9-1)10(4,7)8. The van der Waals surface area contributed by atoms with Crippen molar-refractivity contribution in [2.24, 2.45) is 0 Å². The highest BCUT2D eigenvalue weighted by Gasteiger charge is 2.18. The van der Waals surface area contributed by atoms with Crippen molar-refractivity contribution < 1.29 is 8.42 Å². The van der Waals surface area contributed by atoms with Crippen LogP contribution in [-0.2, 0) is 9.05 Å². The van der Waals surface area contributed by atoms with E-state index in [4.69, 9.17) is 10.7 Å². The number of rotatable bonds is 1. The summed E-state index contributed by atoms with van der Waals surface area (Å²) in [5.41, 5.74) is 0. The fraction of sp³-hybridized carbons (Fsp3) is 0. The van der Waals surface area contributed by atoms with E-state index in [0.29, 0.717) is 3.79 Å². The van der Waals surface area contributed by atoms with Gasteiger partial charge in [-0.25, -0.2) is 8.42 Å². The first-order valence-electron chi connectivity index (χ1n) is 1.94. The molecule has 0 spiro atoms. The molecule has 0 aliphatic rings. The van der Waals surface area contributed by atoms with Crippen LogP contribution in [0.15, 0.2) is 8.81 Å². The molecular formula is C2BrClN2O2S2. The van der Waals surface area contributed by atoms with Crippen LogP contribution in [0.3, 0.4) is 0 Å². The first-order valence-corrected chi connectivity index (χ1v) is 5.82. The van der Waals surface area contributed by atoms with Gasteiger partial charge in [-0.3, -0.25) is 0 Å². The molecule has 0 radical (unpaired) electrons. The van der Waals surface area contributed by atoms with Gasteiger partial charge < -0.3 is 0 Å². The third-order valence-corrected chi connectivity index (χ3v) is 3.56. The van der Waals surface area contributed by atoms with Crippen LogP contribution >= 0.6 is 38.1 Å². The van der Waals surface area contributed by atoms with E-state index < -0.39 is 9.05 Å². The van der Waals surface area contributed by atoms with Gasteiger partial charge in [-0.15, -0.1) is 5.10 Å². The lowest BCUT2D eigenvalue weighted by atomic mass is 11.0. The summed E-state index contributed by atoms with van der Waals surface area (Å²) in [4.78, 5) is 0. The van der Waals surface area contributed by atoms with Gasteiger partial charge in [0.15, 0.2) is 0 Å². The molecule has 56 valence electrons. The molecule has 1 aromatic heterocycles. The van der Waals surface area contributed by atoms with E-state index in [1.807, 2.05) is 0 Å². The van der Waals surface area contributed by atoms with Gasteiger partial charge in [0.2, 0.25) is 5.03 Å². The minimum absolute atomic E-state index is 0.223. The summed E-state index contributed by atoms with van der Waals surface area (Å²) in [5, 5.41) is 3.07. The maximum Gasteiger partial charge on any atom is 0.282 e. The average Bonchev–Trinajstić information content (AvgIpc) is 2.11. The van der Waals surface area contributed by atoms with Crippen LogP contribution in [0.2, 0.25) is 0 Å². The molecule has 0 saturated heterocycles. The minimum atomic E-state index is -3.73. The molecule has 0 aliphatic carbocycles. The molecule has 0 fully saturated rings. The third kappa shape index (κ3) is 1.66. The molecule has 0 N–H and O–H groups in total. The molecule has 0 amide bonds. The van der Waals surface area contributed by atoms with Crippen LogP contribution < -0.4 is 0 Å². The predicted molar refractivity (Wildman–Crippen MR) is 40.6 cm³/mol. The smallest absolute Gasteiger partial charge is 0.205 e. The Morgan fingerprint density at radius 3 is 2.40 bits per heavy atom. The third-order valence-electron chi connectivity index (χ3n) is 0.652. The maximum absolute atomic E-state index is 10.6. The van der Waals surface area contributed by atoms with Crippen LogP contribution in [0, 0.1) is 0 Å². The Morgan fingerprint density at radius 2 is 2.20 bits per heavy atom. The highest BCUT2D eigenvalue weighted by molar-refractivity contribution is 9.11.